The van der Waals surface area contributed by atoms with Gasteiger partial charge in [-0.25, -0.2) is 9.67 Å². The number of ether oxygens (including phenoxy) is 1. The maximum absolute atomic E-state index is 11.6. The van der Waals surface area contributed by atoms with Crippen LogP contribution in [0.25, 0.3) is 5.95 Å². The van der Waals surface area contributed by atoms with E-state index in [1.807, 2.05) is 44.2 Å². The number of Topliss-reactive ketones (excluding diaryl/α,β-unsaturated/α-hetero) is 1. The minimum Gasteiger partial charge on any atom is -0.473 e. The van der Waals surface area contributed by atoms with Gasteiger partial charge in [0.25, 0.3) is 5.95 Å². The van der Waals surface area contributed by atoms with Gasteiger partial charge in [-0.1, -0.05) is 30.3 Å². The number of ketones is 1. The molecule has 122 valence electrons. The second-order valence-electron chi connectivity index (χ2n) is 5.53. The SMILES string of the molecule is CC(=O)c1cnn(-c2nc(C)cc(OCc3ccccc3)n2)c1C. The predicted molar refractivity (Wildman–Crippen MR) is 89.4 cm³/mol. The van der Waals surface area contributed by atoms with E-state index in [-0.39, 0.29) is 5.78 Å². The fourth-order valence-corrected chi connectivity index (χ4v) is 2.38. The monoisotopic (exact) mass is 322 g/mol. The summed E-state index contributed by atoms with van der Waals surface area (Å²) in [7, 11) is 0. The number of hydrogen-bond donors (Lipinski definition) is 0. The first kappa shape index (κ1) is 15.9. The van der Waals surface area contributed by atoms with Crippen molar-refractivity contribution in [1.82, 2.24) is 19.7 Å². The largest absolute Gasteiger partial charge is 0.473 e. The zero-order valence-corrected chi connectivity index (χ0v) is 13.9. The van der Waals surface area contributed by atoms with Gasteiger partial charge in [0.1, 0.15) is 6.61 Å². The Morgan fingerprint density at radius 2 is 1.92 bits per heavy atom. The number of benzene rings is 1. The van der Waals surface area contributed by atoms with Gasteiger partial charge in [-0.2, -0.15) is 10.1 Å². The summed E-state index contributed by atoms with van der Waals surface area (Å²) in [6.07, 6.45) is 1.54. The lowest BCUT2D eigenvalue weighted by molar-refractivity contribution is 0.101. The third kappa shape index (κ3) is 3.32. The zero-order chi connectivity index (χ0) is 17.1. The highest BCUT2D eigenvalue weighted by molar-refractivity contribution is 5.94. The summed E-state index contributed by atoms with van der Waals surface area (Å²) in [5.41, 5.74) is 3.10. The fraction of sp³-hybridized carbons (Fsp3) is 0.222. The lowest BCUT2D eigenvalue weighted by Crippen LogP contribution is -2.08. The molecule has 0 fully saturated rings. The Bertz CT molecular complexity index is 872. The van der Waals surface area contributed by atoms with E-state index in [2.05, 4.69) is 15.1 Å². The molecule has 1 aromatic carbocycles. The molecule has 6 nitrogen and oxygen atoms in total. The van der Waals surface area contributed by atoms with Crippen LogP contribution in [0.5, 0.6) is 5.88 Å². The van der Waals surface area contributed by atoms with Gasteiger partial charge in [0.05, 0.1) is 17.5 Å². The molecule has 0 saturated carbocycles. The van der Waals surface area contributed by atoms with Crippen LogP contribution in [0.3, 0.4) is 0 Å². The fourth-order valence-electron chi connectivity index (χ4n) is 2.38. The van der Waals surface area contributed by atoms with Crippen molar-refractivity contribution in [2.75, 3.05) is 0 Å². The molecule has 0 radical (unpaired) electrons. The minimum absolute atomic E-state index is 0.0352. The van der Waals surface area contributed by atoms with Crippen LogP contribution in [0.2, 0.25) is 0 Å². The maximum atomic E-state index is 11.6. The highest BCUT2D eigenvalue weighted by Gasteiger charge is 2.14. The molecule has 3 aromatic rings. The quantitative estimate of drug-likeness (QED) is 0.675. The van der Waals surface area contributed by atoms with Crippen molar-refractivity contribution in [3.8, 4) is 11.8 Å². The van der Waals surface area contributed by atoms with Crippen LogP contribution in [-0.2, 0) is 6.61 Å². The molecule has 0 bridgehead atoms. The zero-order valence-electron chi connectivity index (χ0n) is 13.9. The average molecular weight is 322 g/mol. The van der Waals surface area contributed by atoms with Crippen molar-refractivity contribution >= 4 is 5.78 Å². The lowest BCUT2D eigenvalue weighted by atomic mass is 10.2. The van der Waals surface area contributed by atoms with Gasteiger partial charge in [0.2, 0.25) is 5.88 Å². The molecule has 0 amide bonds. The van der Waals surface area contributed by atoms with Crippen molar-refractivity contribution in [3.05, 3.63) is 65.1 Å². The van der Waals surface area contributed by atoms with Gasteiger partial charge < -0.3 is 4.74 Å². The van der Waals surface area contributed by atoms with Gasteiger partial charge in [0.15, 0.2) is 5.78 Å². The third-order valence-corrected chi connectivity index (χ3v) is 3.63. The molecule has 2 aromatic heterocycles. The van der Waals surface area contributed by atoms with Gasteiger partial charge in [0, 0.05) is 11.8 Å². The molecule has 0 saturated heterocycles. The second kappa shape index (κ2) is 6.62. The molecule has 0 N–H and O–H groups in total. The molecule has 24 heavy (non-hydrogen) atoms. The predicted octanol–water partition coefficient (Wildman–Crippen LogP) is 3.06. The highest BCUT2D eigenvalue weighted by Crippen LogP contribution is 2.16. The molecule has 6 heteroatoms. The van der Waals surface area contributed by atoms with E-state index >= 15 is 0 Å². The molecule has 0 aliphatic carbocycles. The Kier molecular flexibility index (Phi) is 4.37. The number of carbonyl (C=O) groups is 1. The molecule has 0 aliphatic rings. The van der Waals surface area contributed by atoms with E-state index in [9.17, 15) is 4.79 Å². The first-order valence-corrected chi connectivity index (χ1v) is 7.63. The van der Waals surface area contributed by atoms with E-state index in [4.69, 9.17) is 4.74 Å². The number of nitrogens with zero attached hydrogens (tertiary/aromatic N) is 4. The smallest absolute Gasteiger partial charge is 0.254 e. The summed E-state index contributed by atoms with van der Waals surface area (Å²) in [5.74, 6) is 0.829. The minimum atomic E-state index is -0.0352. The van der Waals surface area contributed by atoms with E-state index in [1.54, 1.807) is 10.7 Å². The van der Waals surface area contributed by atoms with E-state index in [0.29, 0.717) is 29.7 Å². The standard InChI is InChI=1S/C18H18N4O2/c1-12-9-17(24-11-15-7-5-4-6-8-15)21-18(20-12)22-13(2)16(10-19-22)14(3)23/h4-10H,11H2,1-3H3. The van der Waals surface area contributed by atoms with E-state index < -0.39 is 0 Å². The Hall–Kier alpha value is -3.02. The first-order chi connectivity index (χ1) is 11.5. The summed E-state index contributed by atoms with van der Waals surface area (Å²) in [4.78, 5) is 20.4. The highest BCUT2D eigenvalue weighted by atomic mass is 16.5. The van der Waals surface area contributed by atoms with Crippen LogP contribution in [0, 0.1) is 13.8 Å². The van der Waals surface area contributed by atoms with Gasteiger partial charge >= 0.3 is 0 Å². The number of carbonyl (C=O) groups excluding carboxylic acids is 1. The number of aromatic nitrogens is 4. The Labute approximate surface area is 140 Å². The number of rotatable bonds is 5. The molecular formula is C18H18N4O2. The summed E-state index contributed by atoms with van der Waals surface area (Å²) in [6.45, 7) is 5.62. The Morgan fingerprint density at radius 3 is 2.58 bits per heavy atom. The molecular weight excluding hydrogens is 304 g/mol. The Morgan fingerprint density at radius 1 is 1.17 bits per heavy atom. The summed E-state index contributed by atoms with van der Waals surface area (Å²) >= 11 is 0. The van der Waals surface area contributed by atoms with E-state index in [0.717, 1.165) is 11.3 Å². The topological polar surface area (TPSA) is 69.9 Å². The van der Waals surface area contributed by atoms with Crippen molar-refractivity contribution < 1.29 is 9.53 Å². The molecule has 0 unspecified atom stereocenters. The third-order valence-electron chi connectivity index (χ3n) is 3.63. The molecule has 0 atom stereocenters. The van der Waals surface area contributed by atoms with Crippen LogP contribution in [-0.4, -0.2) is 25.5 Å². The van der Waals surface area contributed by atoms with Gasteiger partial charge in [-0.15, -0.1) is 0 Å². The van der Waals surface area contributed by atoms with Gasteiger partial charge in [-0.3, -0.25) is 4.79 Å². The van der Waals surface area contributed by atoms with Crippen molar-refractivity contribution in [2.45, 2.75) is 27.4 Å². The second-order valence-corrected chi connectivity index (χ2v) is 5.53. The molecule has 3 rings (SSSR count). The van der Waals surface area contributed by atoms with Crippen molar-refractivity contribution in [2.24, 2.45) is 0 Å². The van der Waals surface area contributed by atoms with Crippen LogP contribution < -0.4 is 4.74 Å². The molecule has 0 aliphatic heterocycles. The summed E-state index contributed by atoms with van der Waals surface area (Å²) < 4.78 is 7.32. The number of aryl methyl sites for hydroxylation is 1. The average Bonchev–Trinajstić information content (AvgIpc) is 2.95. The Balaban J connectivity index is 1.88. The van der Waals surface area contributed by atoms with E-state index in [1.165, 1.54) is 13.1 Å². The number of hydrogen-bond acceptors (Lipinski definition) is 5. The van der Waals surface area contributed by atoms with Crippen LogP contribution >= 0.6 is 0 Å². The molecule has 2 heterocycles. The normalized spacial score (nSPS) is 10.6. The molecule has 0 spiro atoms. The van der Waals surface area contributed by atoms with Crippen LogP contribution in [0.1, 0.15) is 34.2 Å². The van der Waals surface area contributed by atoms with Crippen molar-refractivity contribution in [1.29, 1.82) is 0 Å². The summed E-state index contributed by atoms with van der Waals surface area (Å²) in [5, 5.41) is 4.22. The van der Waals surface area contributed by atoms with Crippen LogP contribution in [0.4, 0.5) is 0 Å². The van der Waals surface area contributed by atoms with Gasteiger partial charge in [-0.05, 0) is 26.3 Å². The maximum Gasteiger partial charge on any atom is 0.254 e. The lowest BCUT2D eigenvalue weighted by Gasteiger charge is -2.09. The van der Waals surface area contributed by atoms with Crippen LogP contribution in [0.15, 0.2) is 42.6 Å². The first-order valence-electron chi connectivity index (χ1n) is 7.63. The summed E-state index contributed by atoms with van der Waals surface area (Å²) in [6, 6.07) is 11.6. The van der Waals surface area contributed by atoms with Crippen molar-refractivity contribution in [3.63, 3.8) is 0 Å².